The molecule has 0 radical (unpaired) electrons. The molecule has 0 saturated carbocycles. The molecule has 0 spiro atoms. The normalized spacial score (nSPS) is 12.9. The molecule has 0 bridgehead atoms. The van der Waals surface area contributed by atoms with Crippen LogP contribution in [0.4, 0.5) is 5.69 Å². The van der Waals surface area contributed by atoms with Gasteiger partial charge in [0.2, 0.25) is 11.8 Å². The van der Waals surface area contributed by atoms with Crippen molar-refractivity contribution in [3.8, 4) is 0 Å². The third-order valence-electron chi connectivity index (χ3n) is 6.93. The van der Waals surface area contributed by atoms with Gasteiger partial charge >= 0.3 is 0 Å². The molecule has 0 aliphatic heterocycles. The van der Waals surface area contributed by atoms with Crippen LogP contribution in [0.2, 0.25) is 10.0 Å². The number of carbonyl (C=O) groups is 2. The van der Waals surface area contributed by atoms with Crippen LogP contribution >= 0.6 is 23.2 Å². The minimum Gasteiger partial charge on any atom is -0.352 e. The first kappa shape index (κ1) is 32.4. The molecule has 0 fully saturated rings. The molecular weight excluding hydrogens is 581 g/mol. The Morgan fingerprint density at radius 3 is 2.02 bits per heavy atom. The number of sulfonamides is 1. The summed E-state index contributed by atoms with van der Waals surface area (Å²) in [6.45, 7) is 9.03. The van der Waals surface area contributed by atoms with Crippen LogP contribution in [0.1, 0.15) is 50.3 Å². The Morgan fingerprint density at radius 1 is 0.878 bits per heavy atom. The number of anilines is 1. The summed E-state index contributed by atoms with van der Waals surface area (Å²) in [5, 5.41) is 3.35. The largest absolute Gasteiger partial charge is 0.352 e. The first-order valence-corrected chi connectivity index (χ1v) is 15.8. The molecule has 10 heteroatoms. The Bertz CT molecular complexity index is 1460. The molecule has 0 saturated heterocycles. The smallest absolute Gasteiger partial charge is 0.264 e. The zero-order valence-corrected chi connectivity index (χ0v) is 26.4. The topological polar surface area (TPSA) is 86.8 Å². The highest BCUT2D eigenvalue weighted by Gasteiger charge is 2.34. The Hall–Kier alpha value is -3.07. The summed E-state index contributed by atoms with van der Waals surface area (Å²) in [5.41, 5.74) is 2.82. The van der Waals surface area contributed by atoms with Crippen LogP contribution in [0, 0.1) is 13.8 Å². The summed E-state index contributed by atoms with van der Waals surface area (Å²) >= 11 is 12.7. The fraction of sp³-hybridized carbons (Fsp3) is 0.355. The van der Waals surface area contributed by atoms with Crippen molar-refractivity contribution in [3.05, 3.63) is 93.5 Å². The van der Waals surface area contributed by atoms with Crippen molar-refractivity contribution in [2.75, 3.05) is 10.8 Å². The van der Waals surface area contributed by atoms with Gasteiger partial charge in [0.15, 0.2) is 0 Å². The van der Waals surface area contributed by atoms with E-state index in [1.807, 2.05) is 58.9 Å². The minimum atomic E-state index is -4.25. The summed E-state index contributed by atoms with van der Waals surface area (Å²) in [4.78, 5) is 29.0. The number of benzene rings is 3. The number of amides is 2. The van der Waals surface area contributed by atoms with Crippen molar-refractivity contribution >= 4 is 50.7 Å². The van der Waals surface area contributed by atoms with E-state index in [2.05, 4.69) is 5.32 Å². The molecule has 0 aliphatic carbocycles. The lowest BCUT2D eigenvalue weighted by atomic mass is 10.1. The molecule has 7 nitrogen and oxygen atoms in total. The summed E-state index contributed by atoms with van der Waals surface area (Å²) in [5.74, 6) is -0.848. The van der Waals surface area contributed by atoms with E-state index in [1.165, 1.54) is 29.2 Å². The third kappa shape index (κ3) is 8.24. The maximum Gasteiger partial charge on any atom is 0.264 e. The van der Waals surface area contributed by atoms with Crippen LogP contribution in [0.15, 0.2) is 71.6 Å². The van der Waals surface area contributed by atoms with Gasteiger partial charge in [-0.3, -0.25) is 13.9 Å². The summed E-state index contributed by atoms with van der Waals surface area (Å²) in [7, 11) is -4.25. The molecule has 3 aromatic rings. The Morgan fingerprint density at radius 2 is 1.46 bits per heavy atom. The van der Waals surface area contributed by atoms with Gasteiger partial charge in [0.25, 0.3) is 10.0 Å². The monoisotopic (exact) mass is 617 g/mol. The summed E-state index contributed by atoms with van der Waals surface area (Å²) in [6, 6.07) is 17.5. The molecule has 0 aromatic heterocycles. The molecule has 220 valence electrons. The first-order valence-electron chi connectivity index (χ1n) is 13.6. The van der Waals surface area contributed by atoms with Gasteiger partial charge in [0.05, 0.1) is 15.6 Å². The SMILES string of the molecule is CC[C@H](C(=O)N[C@@H](C)CC)N(Cc1ccc(C)cc1)C(=O)CN(c1cc(Cl)ccc1Cl)S(=O)(=O)c1ccc(C)cc1. The van der Waals surface area contributed by atoms with Crippen LogP contribution in [0.25, 0.3) is 0 Å². The van der Waals surface area contributed by atoms with Crippen LogP contribution in [-0.2, 0) is 26.2 Å². The van der Waals surface area contributed by atoms with Crippen molar-refractivity contribution in [2.24, 2.45) is 0 Å². The Balaban J connectivity index is 2.10. The average Bonchev–Trinajstić information content (AvgIpc) is 2.94. The molecule has 1 N–H and O–H groups in total. The lowest BCUT2D eigenvalue weighted by Crippen LogP contribution is -2.53. The van der Waals surface area contributed by atoms with E-state index < -0.39 is 28.5 Å². The molecule has 3 aromatic carbocycles. The van der Waals surface area contributed by atoms with Gasteiger partial charge in [-0.05, 0) is 69.5 Å². The van der Waals surface area contributed by atoms with E-state index in [-0.39, 0.29) is 39.1 Å². The molecule has 2 amide bonds. The third-order valence-corrected chi connectivity index (χ3v) is 9.25. The predicted molar refractivity (Wildman–Crippen MR) is 166 cm³/mol. The average molecular weight is 619 g/mol. The molecule has 0 unspecified atom stereocenters. The predicted octanol–water partition coefficient (Wildman–Crippen LogP) is 6.53. The first-order chi connectivity index (χ1) is 19.4. The molecule has 0 aliphatic rings. The van der Waals surface area contributed by atoms with Gasteiger partial charge in [-0.25, -0.2) is 8.42 Å². The van der Waals surface area contributed by atoms with Gasteiger partial charge in [-0.15, -0.1) is 0 Å². The Labute approximate surface area is 253 Å². The van der Waals surface area contributed by atoms with Crippen molar-refractivity contribution in [3.63, 3.8) is 0 Å². The van der Waals surface area contributed by atoms with Gasteiger partial charge in [-0.1, -0.05) is 84.6 Å². The highest BCUT2D eigenvalue weighted by Crippen LogP contribution is 2.33. The number of hydrogen-bond donors (Lipinski definition) is 1. The van der Waals surface area contributed by atoms with Crippen molar-refractivity contribution < 1.29 is 18.0 Å². The fourth-order valence-corrected chi connectivity index (χ4v) is 6.14. The quantitative estimate of drug-likeness (QED) is 0.250. The van der Waals surface area contributed by atoms with E-state index in [1.54, 1.807) is 18.2 Å². The second kappa shape index (κ2) is 14.2. The highest BCUT2D eigenvalue weighted by molar-refractivity contribution is 7.92. The second-order valence-corrected chi connectivity index (χ2v) is 12.9. The fourth-order valence-electron chi connectivity index (χ4n) is 4.28. The number of hydrogen-bond acceptors (Lipinski definition) is 4. The number of aryl methyl sites for hydroxylation is 2. The number of carbonyl (C=O) groups excluding carboxylic acids is 2. The summed E-state index contributed by atoms with van der Waals surface area (Å²) < 4.78 is 29.0. The number of rotatable bonds is 12. The van der Waals surface area contributed by atoms with Gasteiger partial charge in [-0.2, -0.15) is 0 Å². The molecule has 0 heterocycles. The second-order valence-electron chi connectivity index (χ2n) is 10.2. The molecule has 2 atom stereocenters. The minimum absolute atomic E-state index is 0.00131. The van der Waals surface area contributed by atoms with E-state index in [4.69, 9.17) is 23.2 Å². The number of halogens is 2. The van der Waals surface area contributed by atoms with Gasteiger partial charge in [0, 0.05) is 17.6 Å². The Kier molecular flexibility index (Phi) is 11.2. The van der Waals surface area contributed by atoms with Crippen LogP contribution in [-0.4, -0.2) is 43.8 Å². The van der Waals surface area contributed by atoms with Crippen LogP contribution in [0.3, 0.4) is 0 Å². The van der Waals surface area contributed by atoms with Crippen molar-refractivity contribution in [1.82, 2.24) is 10.2 Å². The van der Waals surface area contributed by atoms with Crippen molar-refractivity contribution in [2.45, 2.75) is 71.0 Å². The molecule has 41 heavy (non-hydrogen) atoms. The van der Waals surface area contributed by atoms with Crippen LogP contribution < -0.4 is 9.62 Å². The zero-order chi connectivity index (χ0) is 30.3. The lowest BCUT2D eigenvalue weighted by Gasteiger charge is -2.34. The van der Waals surface area contributed by atoms with E-state index in [9.17, 15) is 18.0 Å². The highest BCUT2D eigenvalue weighted by atomic mass is 35.5. The zero-order valence-electron chi connectivity index (χ0n) is 24.0. The van der Waals surface area contributed by atoms with E-state index in [0.29, 0.717) is 6.42 Å². The van der Waals surface area contributed by atoms with E-state index >= 15 is 0 Å². The van der Waals surface area contributed by atoms with Gasteiger partial charge < -0.3 is 10.2 Å². The standard InChI is InChI=1S/C31H37Cl2N3O4S/c1-6-23(5)34-31(38)28(7-2)35(19-24-12-8-21(3)9-13-24)30(37)20-36(29-18-25(32)14-17-27(29)33)41(39,40)26-15-10-22(4)11-16-26/h8-18,23,28H,6-7,19-20H2,1-5H3,(H,34,38)/t23-,28+/m0/s1. The van der Waals surface area contributed by atoms with Gasteiger partial charge in [0.1, 0.15) is 12.6 Å². The maximum atomic E-state index is 14.2. The van der Waals surface area contributed by atoms with E-state index in [0.717, 1.165) is 27.4 Å². The van der Waals surface area contributed by atoms with Crippen molar-refractivity contribution in [1.29, 1.82) is 0 Å². The summed E-state index contributed by atoms with van der Waals surface area (Å²) in [6.07, 6.45) is 1.06. The molecular formula is C31H37Cl2N3O4S. The maximum absolute atomic E-state index is 14.2. The number of nitrogens with one attached hydrogen (secondary N) is 1. The lowest BCUT2D eigenvalue weighted by molar-refractivity contribution is -0.140. The molecule has 3 rings (SSSR count). The number of nitrogens with zero attached hydrogens (tertiary/aromatic N) is 2. The van der Waals surface area contributed by atoms with Crippen LogP contribution in [0.5, 0.6) is 0 Å².